The maximum Gasteiger partial charge on any atom is 0.237 e. The number of amides is 1. The highest BCUT2D eigenvalue weighted by atomic mass is 16.5. The predicted molar refractivity (Wildman–Crippen MR) is 91.2 cm³/mol. The first-order valence-corrected chi connectivity index (χ1v) is 8.88. The molecule has 2 aliphatic rings. The fourth-order valence-corrected chi connectivity index (χ4v) is 3.85. The third-order valence-corrected chi connectivity index (χ3v) is 5.59. The highest BCUT2D eigenvalue weighted by Crippen LogP contribution is 2.46. The van der Waals surface area contributed by atoms with Gasteiger partial charge in [0.2, 0.25) is 5.91 Å². The van der Waals surface area contributed by atoms with E-state index in [0.717, 1.165) is 37.0 Å². The molecule has 0 aromatic heterocycles. The van der Waals surface area contributed by atoms with E-state index in [1.165, 1.54) is 12.8 Å². The number of carbonyl (C=O) groups is 1. The second-order valence-electron chi connectivity index (χ2n) is 7.21. The van der Waals surface area contributed by atoms with Crippen LogP contribution < -0.4 is 15.8 Å². The minimum absolute atomic E-state index is 0.000608. The average Bonchev–Trinajstić information content (AvgIpc) is 3.00. The van der Waals surface area contributed by atoms with Gasteiger partial charge in [-0.1, -0.05) is 38.5 Å². The van der Waals surface area contributed by atoms with Crippen molar-refractivity contribution in [3.05, 3.63) is 29.8 Å². The Balaban J connectivity index is 1.81. The molecule has 1 aliphatic carbocycles. The number of rotatable bonds is 4. The van der Waals surface area contributed by atoms with Crippen molar-refractivity contribution in [1.82, 2.24) is 5.32 Å². The van der Waals surface area contributed by atoms with Gasteiger partial charge in [0.05, 0.1) is 12.1 Å². The van der Waals surface area contributed by atoms with Gasteiger partial charge in [0.1, 0.15) is 11.4 Å². The number of benzene rings is 1. The van der Waals surface area contributed by atoms with Crippen molar-refractivity contribution in [2.75, 3.05) is 0 Å². The standard InChI is InChI=1S/C19H28N2O2/c1-3-13(2)17(20)18(22)21-15-12-19(10-6-7-11-19)23-16-9-5-4-8-14(15)16/h4-5,8-9,13,15,17H,3,6-7,10-12,20H2,1-2H3,(H,21,22). The maximum absolute atomic E-state index is 12.5. The molecule has 3 rings (SSSR count). The topological polar surface area (TPSA) is 64.4 Å². The number of carbonyl (C=O) groups excluding carboxylic acids is 1. The third-order valence-electron chi connectivity index (χ3n) is 5.59. The van der Waals surface area contributed by atoms with Gasteiger partial charge >= 0.3 is 0 Å². The molecule has 0 radical (unpaired) electrons. The van der Waals surface area contributed by atoms with Crippen LogP contribution in [0.3, 0.4) is 0 Å². The van der Waals surface area contributed by atoms with Gasteiger partial charge in [0, 0.05) is 12.0 Å². The minimum atomic E-state index is -0.450. The number of hydrogen-bond acceptors (Lipinski definition) is 3. The molecular formula is C19H28N2O2. The minimum Gasteiger partial charge on any atom is -0.487 e. The fraction of sp³-hybridized carbons (Fsp3) is 0.632. The van der Waals surface area contributed by atoms with Crippen LogP contribution in [-0.4, -0.2) is 17.6 Å². The van der Waals surface area contributed by atoms with E-state index in [1.54, 1.807) is 0 Å². The summed E-state index contributed by atoms with van der Waals surface area (Å²) in [5.74, 6) is 1.06. The molecule has 23 heavy (non-hydrogen) atoms. The third kappa shape index (κ3) is 3.23. The Hall–Kier alpha value is -1.55. The first-order valence-electron chi connectivity index (χ1n) is 8.88. The van der Waals surface area contributed by atoms with Crippen LogP contribution in [0.15, 0.2) is 24.3 Å². The van der Waals surface area contributed by atoms with E-state index in [0.29, 0.717) is 0 Å². The summed E-state index contributed by atoms with van der Waals surface area (Å²) in [7, 11) is 0. The van der Waals surface area contributed by atoms with Gasteiger partial charge in [-0.15, -0.1) is 0 Å². The summed E-state index contributed by atoms with van der Waals surface area (Å²) in [6.07, 6.45) is 6.31. The zero-order valence-electron chi connectivity index (χ0n) is 14.2. The molecule has 1 aromatic rings. The number of nitrogens with one attached hydrogen (secondary N) is 1. The van der Waals surface area contributed by atoms with Crippen LogP contribution in [0.4, 0.5) is 0 Å². The van der Waals surface area contributed by atoms with E-state index in [-0.39, 0.29) is 23.5 Å². The zero-order chi connectivity index (χ0) is 16.4. The second kappa shape index (κ2) is 6.52. The summed E-state index contributed by atoms with van der Waals surface area (Å²) in [5, 5.41) is 3.20. The van der Waals surface area contributed by atoms with E-state index in [4.69, 9.17) is 10.5 Å². The molecule has 1 saturated carbocycles. The van der Waals surface area contributed by atoms with Gasteiger partial charge in [-0.05, 0) is 37.7 Å². The van der Waals surface area contributed by atoms with Crippen molar-refractivity contribution in [3.8, 4) is 5.75 Å². The summed E-state index contributed by atoms with van der Waals surface area (Å²) >= 11 is 0. The summed E-state index contributed by atoms with van der Waals surface area (Å²) in [4.78, 5) is 12.5. The Morgan fingerprint density at radius 2 is 2.09 bits per heavy atom. The van der Waals surface area contributed by atoms with Crippen molar-refractivity contribution >= 4 is 5.91 Å². The molecule has 126 valence electrons. The molecule has 1 amide bonds. The smallest absolute Gasteiger partial charge is 0.237 e. The molecule has 4 nitrogen and oxygen atoms in total. The van der Waals surface area contributed by atoms with Crippen LogP contribution in [-0.2, 0) is 4.79 Å². The first-order chi connectivity index (χ1) is 11.0. The predicted octanol–water partition coefficient (Wildman–Crippen LogP) is 3.31. The lowest BCUT2D eigenvalue weighted by Gasteiger charge is -2.40. The van der Waals surface area contributed by atoms with E-state index in [9.17, 15) is 4.79 Å². The zero-order valence-corrected chi connectivity index (χ0v) is 14.2. The molecular weight excluding hydrogens is 288 g/mol. The monoisotopic (exact) mass is 316 g/mol. The summed E-state index contributed by atoms with van der Waals surface area (Å²) in [6, 6.07) is 7.62. The van der Waals surface area contributed by atoms with Gasteiger partial charge in [-0.3, -0.25) is 4.79 Å². The van der Waals surface area contributed by atoms with Crippen LogP contribution in [0.25, 0.3) is 0 Å². The van der Waals surface area contributed by atoms with E-state index in [2.05, 4.69) is 18.3 Å². The molecule has 3 unspecified atom stereocenters. The van der Waals surface area contributed by atoms with Gasteiger partial charge in [0.15, 0.2) is 0 Å². The molecule has 0 bridgehead atoms. The molecule has 3 atom stereocenters. The quantitative estimate of drug-likeness (QED) is 0.895. The number of nitrogens with two attached hydrogens (primary N) is 1. The lowest BCUT2D eigenvalue weighted by atomic mass is 9.85. The first kappa shape index (κ1) is 16.3. The SMILES string of the molecule is CCC(C)C(N)C(=O)NC1CC2(CCCC2)Oc2ccccc21. The van der Waals surface area contributed by atoms with E-state index >= 15 is 0 Å². The molecule has 3 N–H and O–H groups in total. The molecule has 4 heteroatoms. The Morgan fingerprint density at radius 1 is 1.39 bits per heavy atom. The normalized spacial score (nSPS) is 24.6. The van der Waals surface area contributed by atoms with Crippen LogP contribution >= 0.6 is 0 Å². The summed E-state index contributed by atoms with van der Waals surface area (Å²) in [5.41, 5.74) is 7.08. The molecule has 1 aliphatic heterocycles. The van der Waals surface area contributed by atoms with Crippen molar-refractivity contribution in [2.45, 2.75) is 70.1 Å². The second-order valence-corrected chi connectivity index (χ2v) is 7.21. The van der Waals surface area contributed by atoms with Crippen molar-refractivity contribution in [2.24, 2.45) is 11.7 Å². The number of ether oxygens (including phenoxy) is 1. The lowest BCUT2D eigenvalue weighted by molar-refractivity contribution is -0.124. The summed E-state index contributed by atoms with van der Waals surface area (Å²) in [6.45, 7) is 4.09. The Bertz CT molecular complexity index is 566. The molecule has 0 saturated heterocycles. The molecule has 1 heterocycles. The highest BCUT2D eigenvalue weighted by molar-refractivity contribution is 5.82. The fourth-order valence-electron chi connectivity index (χ4n) is 3.85. The number of para-hydroxylation sites is 1. The Labute approximate surface area is 138 Å². The highest BCUT2D eigenvalue weighted by Gasteiger charge is 2.43. The van der Waals surface area contributed by atoms with E-state index in [1.807, 2.05) is 25.1 Å². The maximum atomic E-state index is 12.5. The molecule has 1 aromatic carbocycles. The van der Waals surface area contributed by atoms with Crippen LogP contribution in [0.1, 0.15) is 64.0 Å². The van der Waals surface area contributed by atoms with Gasteiger partial charge in [0.25, 0.3) is 0 Å². The largest absolute Gasteiger partial charge is 0.487 e. The lowest BCUT2D eigenvalue weighted by Crippen LogP contribution is -2.49. The molecule has 1 spiro atoms. The van der Waals surface area contributed by atoms with Gasteiger partial charge in [-0.2, -0.15) is 0 Å². The van der Waals surface area contributed by atoms with Crippen LogP contribution in [0.5, 0.6) is 5.75 Å². The van der Waals surface area contributed by atoms with Gasteiger partial charge in [-0.25, -0.2) is 0 Å². The number of hydrogen-bond donors (Lipinski definition) is 2. The summed E-state index contributed by atoms with van der Waals surface area (Å²) < 4.78 is 6.34. The average molecular weight is 316 g/mol. The Kier molecular flexibility index (Phi) is 4.62. The van der Waals surface area contributed by atoms with Crippen molar-refractivity contribution in [1.29, 1.82) is 0 Å². The van der Waals surface area contributed by atoms with Crippen molar-refractivity contribution in [3.63, 3.8) is 0 Å². The van der Waals surface area contributed by atoms with Gasteiger partial charge < -0.3 is 15.8 Å². The number of fused-ring (bicyclic) bond motifs is 1. The van der Waals surface area contributed by atoms with Crippen LogP contribution in [0, 0.1) is 5.92 Å². The Morgan fingerprint density at radius 3 is 2.78 bits per heavy atom. The van der Waals surface area contributed by atoms with Crippen molar-refractivity contribution < 1.29 is 9.53 Å². The molecule has 1 fully saturated rings. The van der Waals surface area contributed by atoms with E-state index < -0.39 is 6.04 Å². The van der Waals surface area contributed by atoms with Crippen LogP contribution in [0.2, 0.25) is 0 Å².